The predicted molar refractivity (Wildman–Crippen MR) is 82.2 cm³/mol. The van der Waals surface area contributed by atoms with Gasteiger partial charge in [0.2, 0.25) is 5.89 Å². The average molecular weight is 311 g/mol. The molecule has 1 aliphatic rings. The van der Waals surface area contributed by atoms with Gasteiger partial charge in [0.25, 0.3) is 0 Å². The van der Waals surface area contributed by atoms with Gasteiger partial charge < -0.3 is 9.84 Å². The second kappa shape index (κ2) is 5.45. The van der Waals surface area contributed by atoms with Gasteiger partial charge in [-0.2, -0.15) is 9.67 Å². The number of benzene rings is 1. The number of nitrogens with zero attached hydrogens (tertiary/aromatic N) is 6. The zero-order valence-electron chi connectivity index (χ0n) is 13.0. The summed E-state index contributed by atoms with van der Waals surface area (Å²) >= 11 is 0. The monoisotopic (exact) mass is 311 g/mol. The van der Waals surface area contributed by atoms with Gasteiger partial charge in [-0.15, -0.1) is 5.10 Å². The van der Waals surface area contributed by atoms with E-state index in [0.29, 0.717) is 18.3 Å². The fourth-order valence-electron chi connectivity index (χ4n) is 2.42. The maximum atomic E-state index is 5.26. The van der Waals surface area contributed by atoms with Gasteiger partial charge in [-0.1, -0.05) is 11.2 Å². The van der Waals surface area contributed by atoms with Crippen LogP contribution in [0.4, 0.5) is 5.69 Å². The number of hydrogen-bond donors (Lipinski definition) is 1. The normalized spacial score (nSPS) is 14.2. The van der Waals surface area contributed by atoms with Crippen LogP contribution < -0.4 is 5.32 Å². The summed E-state index contributed by atoms with van der Waals surface area (Å²) in [5.41, 5.74) is 3.00. The lowest BCUT2D eigenvalue weighted by Crippen LogP contribution is -2.05. The molecule has 4 rings (SSSR count). The first-order valence-electron chi connectivity index (χ1n) is 7.63. The van der Waals surface area contributed by atoms with E-state index in [9.17, 15) is 0 Å². The minimum absolute atomic E-state index is 0.477. The second-order valence-electron chi connectivity index (χ2n) is 5.82. The van der Waals surface area contributed by atoms with E-state index in [1.807, 2.05) is 32.0 Å². The second-order valence-corrected chi connectivity index (χ2v) is 5.82. The number of tetrazole rings is 1. The Morgan fingerprint density at radius 2 is 2.17 bits per heavy atom. The van der Waals surface area contributed by atoms with Crippen molar-refractivity contribution in [2.24, 2.45) is 0 Å². The molecule has 0 unspecified atom stereocenters. The molecule has 0 spiro atoms. The van der Waals surface area contributed by atoms with Crippen LogP contribution in [0.2, 0.25) is 0 Å². The highest BCUT2D eigenvalue weighted by molar-refractivity contribution is 5.54. The fraction of sp³-hybridized carbons (Fsp3) is 0.400. The van der Waals surface area contributed by atoms with Gasteiger partial charge in [-0.25, -0.2) is 0 Å². The van der Waals surface area contributed by atoms with Gasteiger partial charge in [0.05, 0.1) is 12.2 Å². The first kappa shape index (κ1) is 13.9. The Kier molecular flexibility index (Phi) is 3.29. The highest BCUT2D eigenvalue weighted by Gasteiger charge is 2.29. The Balaban J connectivity index is 1.51. The van der Waals surface area contributed by atoms with Crippen molar-refractivity contribution in [1.29, 1.82) is 0 Å². The summed E-state index contributed by atoms with van der Waals surface area (Å²) in [6, 6.07) is 6.06. The van der Waals surface area contributed by atoms with Gasteiger partial charge >= 0.3 is 0 Å². The SMILES string of the molecule is Cc1ccc(NCc2noc(C3CC3)n2)cc1-n1nnnc1C. The van der Waals surface area contributed by atoms with Gasteiger partial charge in [0.1, 0.15) is 0 Å². The molecule has 1 N–H and O–H groups in total. The molecule has 1 saturated carbocycles. The Bertz CT molecular complexity index is 834. The van der Waals surface area contributed by atoms with Crippen molar-refractivity contribution in [2.75, 3.05) is 5.32 Å². The van der Waals surface area contributed by atoms with Crippen LogP contribution in [0, 0.1) is 13.8 Å². The van der Waals surface area contributed by atoms with E-state index in [-0.39, 0.29) is 0 Å². The average Bonchev–Trinajstić information content (AvgIpc) is 3.14. The summed E-state index contributed by atoms with van der Waals surface area (Å²) in [6.07, 6.45) is 2.31. The zero-order chi connectivity index (χ0) is 15.8. The minimum atomic E-state index is 0.477. The highest BCUT2D eigenvalue weighted by atomic mass is 16.5. The standard InChI is InChI=1S/C15H17N7O/c1-9-3-6-12(7-13(9)22-10(2)18-20-21-22)16-8-14-17-15(23-19-14)11-4-5-11/h3,6-7,11,16H,4-5,8H2,1-2H3. The molecule has 0 aliphatic heterocycles. The lowest BCUT2D eigenvalue weighted by atomic mass is 10.2. The smallest absolute Gasteiger partial charge is 0.229 e. The molecule has 1 aliphatic carbocycles. The molecule has 2 aromatic heterocycles. The van der Waals surface area contributed by atoms with E-state index < -0.39 is 0 Å². The molecule has 0 amide bonds. The molecule has 0 radical (unpaired) electrons. The van der Waals surface area contributed by atoms with Gasteiger partial charge in [-0.3, -0.25) is 0 Å². The van der Waals surface area contributed by atoms with Crippen LogP contribution in [0.25, 0.3) is 5.69 Å². The molecule has 2 heterocycles. The molecule has 1 aromatic carbocycles. The van der Waals surface area contributed by atoms with E-state index >= 15 is 0 Å². The Morgan fingerprint density at radius 1 is 1.30 bits per heavy atom. The molecule has 0 saturated heterocycles. The molecular formula is C15H17N7O. The number of hydrogen-bond acceptors (Lipinski definition) is 7. The lowest BCUT2D eigenvalue weighted by molar-refractivity contribution is 0.374. The quantitative estimate of drug-likeness (QED) is 0.771. The van der Waals surface area contributed by atoms with Crippen LogP contribution in [-0.4, -0.2) is 30.3 Å². The third-order valence-corrected chi connectivity index (χ3v) is 3.92. The van der Waals surface area contributed by atoms with Crippen LogP contribution in [0.1, 0.15) is 41.9 Å². The number of anilines is 1. The molecule has 8 heteroatoms. The summed E-state index contributed by atoms with van der Waals surface area (Å²) in [6.45, 7) is 4.42. The van der Waals surface area contributed by atoms with Crippen molar-refractivity contribution in [2.45, 2.75) is 39.2 Å². The zero-order valence-corrected chi connectivity index (χ0v) is 13.0. The minimum Gasteiger partial charge on any atom is -0.378 e. The van der Waals surface area contributed by atoms with Crippen LogP contribution in [0.15, 0.2) is 22.7 Å². The van der Waals surface area contributed by atoms with E-state index in [1.165, 1.54) is 0 Å². The molecule has 1 fully saturated rings. The van der Waals surface area contributed by atoms with Gasteiger partial charge in [0.15, 0.2) is 11.6 Å². The van der Waals surface area contributed by atoms with Crippen LogP contribution in [-0.2, 0) is 6.54 Å². The summed E-state index contributed by atoms with van der Waals surface area (Å²) in [5, 5.41) is 19.0. The van der Waals surface area contributed by atoms with Crippen molar-refractivity contribution in [3.63, 3.8) is 0 Å². The van der Waals surface area contributed by atoms with Crippen molar-refractivity contribution >= 4 is 5.69 Å². The molecule has 3 aromatic rings. The first-order chi connectivity index (χ1) is 11.2. The lowest BCUT2D eigenvalue weighted by Gasteiger charge is -2.10. The van der Waals surface area contributed by atoms with E-state index in [4.69, 9.17) is 4.52 Å². The van der Waals surface area contributed by atoms with Crippen molar-refractivity contribution in [3.05, 3.63) is 41.3 Å². The summed E-state index contributed by atoms with van der Waals surface area (Å²) in [7, 11) is 0. The van der Waals surface area contributed by atoms with Crippen LogP contribution in [0.3, 0.4) is 0 Å². The molecule has 8 nitrogen and oxygen atoms in total. The molecular weight excluding hydrogens is 294 g/mol. The van der Waals surface area contributed by atoms with E-state index in [1.54, 1.807) is 4.68 Å². The van der Waals surface area contributed by atoms with E-state index in [2.05, 4.69) is 31.0 Å². The number of nitrogens with one attached hydrogen (secondary N) is 1. The van der Waals surface area contributed by atoms with Crippen molar-refractivity contribution in [3.8, 4) is 5.69 Å². The topological polar surface area (TPSA) is 94.6 Å². The molecule has 0 bridgehead atoms. The fourth-order valence-corrected chi connectivity index (χ4v) is 2.42. The summed E-state index contributed by atoms with van der Waals surface area (Å²) < 4.78 is 6.98. The summed E-state index contributed by atoms with van der Waals surface area (Å²) in [4.78, 5) is 4.41. The predicted octanol–water partition coefficient (Wildman–Crippen LogP) is 2.15. The van der Waals surface area contributed by atoms with Crippen molar-refractivity contribution < 1.29 is 4.52 Å². The molecule has 118 valence electrons. The molecule has 0 atom stereocenters. The van der Waals surface area contributed by atoms with Crippen molar-refractivity contribution in [1.82, 2.24) is 30.3 Å². The van der Waals surface area contributed by atoms with Gasteiger partial charge in [-0.05, 0) is 54.8 Å². The highest BCUT2D eigenvalue weighted by Crippen LogP contribution is 2.38. The third kappa shape index (κ3) is 2.79. The maximum Gasteiger partial charge on any atom is 0.229 e. The maximum absolute atomic E-state index is 5.26. The van der Waals surface area contributed by atoms with Gasteiger partial charge in [0, 0.05) is 11.6 Å². The Labute approximate surface area is 132 Å². The Hall–Kier alpha value is -2.77. The summed E-state index contributed by atoms with van der Waals surface area (Å²) in [5.74, 6) is 2.66. The number of aryl methyl sites for hydroxylation is 2. The largest absolute Gasteiger partial charge is 0.378 e. The first-order valence-corrected chi connectivity index (χ1v) is 7.63. The Morgan fingerprint density at radius 3 is 2.91 bits per heavy atom. The molecule has 23 heavy (non-hydrogen) atoms. The number of aromatic nitrogens is 6. The van der Waals surface area contributed by atoms with Crippen LogP contribution >= 0.6 is 0 Å². The van der Waals surface area contributed by atoms with E-state index in [0.717, 1.165) is 41.5 Å². The third-order valence-electron chi connectivity index (χ3n) is 3.92. The van der Waals surface area contributed by atoms with Crippen LogP contribution in [0.5, 0.6) is 0 Å². The number of rotatable bonds is 5.